The lowest BCUT2D eigenvalue weighted by Crippen LogP contribution is -2.51. The fourth-order valence-electron chi connectivity index (χ4n) is 2.92. The minimum Gasteiger partial charge on any atom is -0.487 e. The number of amides is 2. The number of ether oxygens (including phenoxy) is 4. The molecule has 0 spiro atoms. The maximum absolute atomic E-state index is 13.2. The fraction of sp³-hybridized carbons (Fsp3) is 0.526. The highest BCUT2D eigenvalue weighted by molar-refractivity contribution is 8.13. The molecule has 3 rings (SSSR count). The summed E-state index contributed by atoms with van der Waals surface area (Å²) in [6, 6.07) is 2.57. The zero-order valence-corrected chi connectivity index (χ0v) is 18.0. The van der Waals surface area contributed by atoms with Crippen LogP contribution in [0, 0.1) is 0 Å². The zero-order valence-electron chi connectivity index (χ0n) is 17.1. The van der Waals surface area contributed by atoms with Crippen LogP contribution in [0.5, 0.6) is 11.5 Å². The van der Waals surface area contributed by atoms with Crippen molar-refractivity contribution >= 4 is 28.7 Å². The normalized spacial score (nSPS) is 20.5. The summed E-state index contributed by atoms with van der Waals surface area (Å²) in [5, 5.41) is 6.26. The molecule has 0 bridgehead atoms. The lowest BCUT2D eigenvalue weighted by Gasteiger charge is -2.32. The van der Waals surface area contributed by atoms with Crippen LogP contribution < -0.4 is 14.8 Å². The van der Waals surface area contributed by atoms with Crippen LogP contribution in [0.15, 0.2) is 23.3 Å². The number of alkyl halides is 3. The number of hydrazone groups is 1. The number of halogens is 3. The molecule has 9 nitrogen and oxygen atoms in total. The summed E-state index contributed by atoms with van der Waals surface area (Å²) in [4.78, 5) is 24.8. The SMILES string of the molecule is CCSC1=NN(C(=O)C(F)(F)F)C(c2ccc3c(c2)OCCOCCOCCO3)C(=O)N1. The monoisotopic (exact) mass is 477 g/mol. The molecule has 32 heavy (non-hydrogen) atoms. The Hall–Kier alpha value is -2.51. The molecule has 2 aliphatic rings. The van der Waals surface area contributed by atoms with Crippen molar-refractivity contribution in [2.75, 3.05) is 45.4 Å². The van der Waals surface area contributed by atoms with Gasteiger partial charge in [-0.05, 0) is 23.4 Å². The average molecular weight is 477 g/mol. The van der Waals surface area contributed by atoms with Crippen LogP contribution in [-0.4, -0.2) is 73.6 Å². The van der Waals surface area contributed by atoms with E-state index in [0.29, 0.717) is 31.3 Å². The van der Waals surface area contributed by atoms with E-state index in [-0.39, 0.29) is 41.3 Å². The standard InChI is InChI=1S/C19H22F3N3O6S/c1-2-32-18-23-16(26)15(25(24-18)17(27)19(20,21)22)12-3-4-13-14(11-12)31-10-8-29-6-5-28-7-9-30-13/h3-4,11,15H,2,5-10H2,1H3,(H,23,24,26). The Kier molecular flexibility index (Phi) is 8.21. The molecular formula is C19H22F3N3O6S. The first-order valence-electron chi connectivity index (χ1n) is 9.79. The van der Waals surface area contributed by atoms with Crippen LogP contribution in [0.25, 0.3) is 0 Å². The van der Waals surface area contributed by atoms with Crippen molar-refractivity contribution in [2.45, 2.75) is 19.1 Å². The molecule has 2 amide bonds. The van der Waals surface area contributed by atoms with Gasteiger partial charge in [0.15, 0.2) is 22.7 Å². The zero-order chi connectivity index (χ0) is 23.1. The van der Waals surface area contributed by atoms with Crippen LogP contribution in [-0.2, 0) is 19.1 Å². The van der Waals surface area contributed by atoms with E-state index in [1.54, 1.807) is 6.92 Å². The third kappa shape index (κ3) is 6.04. The van der Waals surface area contributed by atoms with Crippen molar-refractivity contribution in [1.82, 2.24) is 10.3 Å². The molecule has 0 saturated heterocycles. The minimum absolute atomic E-state index is 0.0796. The maximum Gasteiger partial charge on any atom is 0.473 e. The van der Waals surface area contributed by atoms with Crippen molar-refractivity contribution in [2.24, 2.45) is 5.10 Å². The second kappa shape index (κ2) is 10.9. The molecule has 2 heterocycles. The average Bonchev–Trinajstić information content (AvgIpc) is 2.73. The Morgan fingerprint density at radius 2 is 1.75 bits per heavy atom. The molecule has 1 atom stereocenters. The largest absolute Gasteiger partial charge is 0.487 e. The molecule has 1 aromatic rings. The van der Waals surface area contributed by atoms with Gasteiger partial charge in [-0.1, -0.05) is 24.8 Å². The van der Waals surface area contributed by atoms with Gasteiger partial charge in [0.2, 0.25) is 0 Å². The first-order valence-corrected chi connectivity index (χ1v) is 10.8. The van der Waals surface area contributed by atoms with Gasteiger partial charge in [0.25, 0.3) is 5.91 Å². The number of fused-ring (bicyclic) bond motifs is 1. The third-order valence-electron chi connectivity index (χ3n) is 4.28. The predicted molar refractivity (Wildman–Crippen MR) is 108 cm³/mol. The highest BCUT2D eigenvalue weighted by atomic mass is 32.2. The molecule has 0 radical (unpaired) electrons. The number of thioether (sulfide) groups is 1. The molecule has 0 aromatic heterocycles. The molecule has 2 aliphatic heterocycles. The molecule has 1 N–H and O–H groups in total. The van der Waals surface area contributed by atoms with Crippen molar-refractivity contribution in [3.8, 4) is 11.5 Å². The van der Waals surface area contributed by atoms with Gasteiger partial charge in [-0.15, -0.1) is 5.10 Å². The Labute approximate surface area is 186 Å². The third-order valence-corrected chi connectivity index (χ3v) is 5.03. The molecule has 1 aromatic carbocycles. The Morgan fingerprint density at radius 3 is 2.38 bits per heavy atom. The fourth-order valence-corrected chi connectivity index (χ4v) is 3.51. The smallest absolute Gasteiger partial charge is 0.473 e. The van der Waals surface area contributed by atoms with E-state index in [9.17, 15) is 22.8 Å². The van der Waals surface area contributed by atoms with Gasteiger partial charge < -0.3 is 24.3 Å². The Morgan fingerprint density at radius 1 is 1.12 bits per heavy atom. The van der Waals surface area contributed by atoms with Gasteiger partial charge in [-0.3, -0.25) is 9.59 Å². The van der Waals surface area contributed by atoms with Crippen LogP contribution in [0.3, 0.4) is 0 Å². The highest BCUT2D eigenvalue weighted by Gasteiger charge is 2.49. The summed E-state index contributed by atoms with van der Waals surface area (Å²) in [5.41, 5.74) is 0.0796. The van der Waals surface area contributed by atoms with Crippen molar-refractivity contribution in [3.05, 3.63) is 23.8 Å². The van der Waals surface area contributed by atoms with Crippen LogP contribution in [0.4, 0.5) is 13.2 Å². The molecule has 1 unspecified atom stereocenters. The van der Waals surface area contributed by atoms with Crippen LogP contribution in [0.2, 0.25) is 0 Å². The number of hydrogen-bond donors (Lipinski definition) is 1. The second-order valence-electron chi connectivity index (χ2n) is 6.51. The predicted octanol–water partition coefficient (Wildman–Crippen LogP) is 2.08. The highest BCUT2D eigenvalue weighted by Crippen LogP contribution is 2.36. The topological polar surface area (TPSA) is 98.7 Å². The minimum atomic E-state index is -5.21. The number of amidine groups is 1. The first kappa shape index (κ1) is 24.1. The molecule has 176 valence electrons. The van der Waals surface area contributed by atoms with Gasteiger partial charge in [0.05, 0.1) is 26.4 Å². The summed E-state index contributed by atoms with van der Waals surface area (Å²) in [6.07, 6.45) is -5.21. The molecule has 13 heteroatoms. The van der Waals surface area contributed by atoms with Crippen molar-refractivity contribution in [1.29, 1.82) is 0 Å². The Bertz CT molecular complexity index is 867. The summed E-state index contributed by atoms with van der Waals surface area (Å²) < 4.78 is 61.6. The lowest BCUT2D eigenvalue weighted by atomic mass is 10.0. The maximum atomic E-state index is 13.2. The van der Waals surface area contributed by atoms with Crippen LogP contribution in [0.1, 0.15) is 18.5 Å². The van der Waals surface area contributed by atoms with Crippen LogP contribution >= 0.6 is 11.8 Å². The molecular weight excluding hydrogens is 455 g/mol. The van der Waals surface area contributed by atoms with E-state index in [1.165, 1.54) is 18.2 Å². The number of rotatable bonds is 2. The van der Waals surface area contributed by atoms with Gasteiger partial charge in [0, 0.05) is 0 Å². The lowest BCUT2D eigenvalue weighted by molar-refractivity contribution is -0.189. The summed E-state index contributed by atoms with van der Waals surface area (Å²) >= 11 is 1.01. The number of hydrogen-bond acceptors (Lipinski definition) is 8. The van der Waals surface area contributed by atoms with Gasteiger partial charge in [0.1, 0.15) is 13.2 Å². The summed E-state index contributed by atoms with van der Waals surface area (Å²) in [5.74, 6) is -2.13. The number of nitrogens with one attached hydrogen (secondary N) is 1. The second-order valence-corrected chi connectivity index (χ2v) is 7.76. The van der Waals surface area contributed by atoms with Gasteiger partial charge in [-0.2, -0.15) is 13.2 Å². The van der Waals surface area contributed by atoms with Crippen molar-refractivity contribution < 1.29 is 41.7 Å². The number of benzene rings is 1. The quantitative estimate of drug-likeness (QED) is 0.697. The molecule has 0 fully saturated rings. The number of carbonyl (C=O) groups excluding carboxylic acids is 2. The van der Waals surface area contributed by atoms with E-state index >= 15 is 0 Å². The van der Waals surface area contributed by atoms with E-state index in [4.69, 9.17) is 18.9 Å². The summed E-state index contributed by atoms with van der Waals surface area (Å²) in [7, 11) is 0. The first-order chi connectivity index (χ1) is 15.3. The van der Waals surface area contributed by atoms with E-state index < -0.39 is 24.0 Å². The van der Waals surface area contributed by atoms with E-state index in [2.05, 4.69) is 10.4 Å². The van der Waals surface area contributed by atoms with E-state index in [1.807, 2.05) is 0 Å². The summed E-state index contributed by atoms with van der Waals surface area (Å²) in [6.45, 7) is 3.42. The van der Waals surface area contributed by atoms with Gasteiger partial charge >= 0.3 is 12.1 Å². The van der Waals surface area contributed by atoms with E-state index in [0.717, 1.165) is 11.8 Å². The molecule has 0 saturated carbocycles. The number of carbonyl (C=O) groups is 2. The van der Waals surface area contributed by atoms with Crippen molar-refractivity contribution in [3.63, 3.8) is 0 Å². The van der Waals surface area contributed by atoms with Gasteiger partial charge in [-0.25, -0.2) is 5.01 Å². The number of nitrogens with zero attached hydrogens (tertiary/aromatic N) is 2. The Balaban J connectivity index is 1.95. The molecule has 0 aliphatic carbocycles.